The van der Waals surface area contributed by atoms with Crippen molar-refractivity contribution in [2.24, 2.45) is 0 Å². The molecular weight excluding hydrogens is 418 g/mol. The number of ether oxygens (including phenoxy) is 2. The van der Waals surface area contributed by atoms with E-state index < -0.39 is 0 Å². The molecule has 0 saturated carbocycles. The number of aromatic nitrogens is 2. The first kappa shape index (κ1) is 21.2. The Bertz CT molecular complexity index is 1070. The highest BCUT2D eigenvalue weighted by Crippen LogP contribution is 2.35. The smallest absolute Gasteiger partial charge is 0.254 e. The summed E-state index contributed by atoms with van der Waals surface area (Å²) in [7, 11) is 0. The molecule has 7 nitrogen and oxygen atoms in total. The highest BCUT2D eigenvalue weighted by Gasteiger charge is 2.35. The van der Waals surface area contributed by atoms with Crippen LogP contribution >= 0.6 is 11.6 Å². The van der Waals surface area contributed by atoms with Gasteiger partial charge in [-0.05, 0) is 57.0 Å². The van der Waals surface area contributed by atoms with Crippen LogP contribution in [0.2, 0.25) is 5.02 Å². The molecule has 2 heterocycles. The van der Waals surface area contributed by atoms with E-state index in [2.05, 4.69) is 10.1 Å². The Morgan fingerprint density at radius 2 is 1.97 bits per heavy atom. The number of benzene rings is 2. The van der Waals surface area contributed by atoms with Gasteiger partial charge in [0, 0.05) is 22.7 Å². The van der Waals surface area contributed by atoms with Gasteiger partial charge in [0.1, 0.15) is 6.04 Å². The van der Waals surface area contributed by atoms with Gasteiger partial charge in [-0.25, -0.2) is 0 Å². The van der Waals surface area contributed by atoms with Crippen molar-refractivity contribution < 1.29 is 18.8 Å². The SMILES string of the molecule is CCOc1ccc(C(=O)N2CCC[C@H]2c2nc(-c3cccc(Cl)c3)no2)cc1OCC. The van der Waals surface area contributed by atoms with E-state index in [9.17, 15) is 4.79 Å². The normalized spacial score (nSPS) is 15.8. The van der Waals surface area contributed by atoms with Crippen LogP contribution in [0.25, 0.3) is 11.4 Å². The van der Waals surface area contributed by atoms with Gasteiger partial charge in [-0.15, -0.1) is 0 Å². The third-order valence-electron chi connectivity index (χ3n) is 5.11. The third kappa shape index (κ3) is 4.51. The Balaban J connectivity index is 1.57. The maximum atomic E-state index is 13.3. The topological polar surface area (TPSA) is 77.7 Å². The second-order valence-corrected chi connectivity index (χ2v) is 7.59. The third-order valence-corrected chi connectivity index (χ3v) is 5.35. The highest BCUT2D eigenvalue weighted by atomic mass is 35.5. The number of amides is 1. The van der Waals surface area contributed by atoms with Gasteiger partial charge in [-0.1, -0.05) is 28.9 Å². The molecule has 162 valence electrons. The van der Waals surface area contributed by atoms with Crippen molar-refractivity contribution >= 4 is 17.5 Å². The van der Waals surface area contributed by atoms with E-state index in [0.29, 0.717) is 53.6 Å². The van der Waals surface area contributed by atoms with Crippen molar-refractivity contribution in [2.45, 2.75) is 32.7 Å². The van der Waals surface area contributed by atoms with E-state index in [-0.39, 0.29) is 11.9 Å². The molecule has 8 heteroatoms. The summed E-state index contributed by atoms with van der Waals surface area (Å²) >= 11 is 6.07. The van der Waals surface area contributed by atoms with E-state index in [1.54, 1.807) is 35.2 Å². The zero-order valence-electron chi connectivity index (χ0n) is 17.5. The molecule has 1 amide bonds. The molecule has 0 spiro atoms. The van der Waals surface area contributed by atoms with Gasteiger partial charge in [0.05, 0.1) is 13.2 Å². The molecule has 2 aromatic carbocycles. The predicted octanol–water partition coefficient (Wildman–Crippen LogP) is 5.16. The Hall–Kier alpha value is -3.06. The van der Waals surface area contributed by atoms with E-state index in [4.69, 9.17) is 25.6 Å². The van der Waals surface area contributed by atoms with Crippen LogP contribution in [0.1, 0.15) is 49.0 Å². The summed E-state index contributed by atoms with van der Waals surface area (Å²) in [5.74, 6) is 1.97. The number of carbonyl (C=O) groups excluding carboxylic acids is 1. The van der Waals surface area contributed by atoms with Gasteiger partial charge in [-0.3, -0.25) is 4.79 Å². The van der Waals surface area contributed by atoms with Crippen LogP contribution in [-0.2, 0) is 0 Å². The minimum absolute atomic E-state index is 0.103. The summed E-state index contributed by atoms with van der Waals surface area (Å²) in [6.45, 7) is 5.43. The Labute approximate surface area is 185 Å². The number of halogens is 1. The molecule has 1 saturated heterocycles. The molecule has 1 fully saturated rings. The number of hydrogen-bond acceptors (Lipinski definition) is 6. The zero-order chi connectivity index (χ0) is 21.8. The van der Waals surface area contributed by atoms with Gasteiger partial charge in [0.25, 0.3) is 5.91 Å². The first-order valence-corrected chi connectivity index (χ1v) is 10.8. The molecule has 0 aliphatic carbocycles. The van der Waals surface area contributed by atoms with Crippen LogP contribution in [0.4, 0.5) is 0 Å². The van der Waals surface area contributed by atoms with Crippen LogP contribution in [0.3, 0.4) is 0 Å². The molecule has 0 bridgehead atoms. The molecule has 0 N–H and O–H groups in total. The summed E-state index contributed by atoms with van der Waals surface area (Å²) in [5, 5.41) is 4.69. The van der Waals surface area contributed by atoms with Gasteiger partial charge in [0.15, 0.2) is 11.5 Å². The van der Waals surface area contributed by atoms with Crippen molar-refractivity contribution in [3.63, 3.8) is 0 Å². The van der Waals surface area contributed by atoms with Crippen LogP contribution in [0.15, 0.2) is 47.0 Å². The molecule has 0 radical (unpaired) electrons. The number of rotatable bonds is 7. The van der Waals surface area contributed by atoms with E-state index in [1.807, 2.05) is 26.0 Å². The van der Waals surface area contributed by atoms with Crippen molar-refractivity contribution in [3.05, 3.63) is 58.9 Å². The first-order chi connectivity index (χ1) is 15.1. The van der Waals surface area contributed by atoms with Crippen molar-refractivity contribution in [1.82, 2.24) is 15.0 Å². The quantitative estimate of drug-likeness (QED) is 0.503. The summed E-state index contributed by atoms with van der Waals surface area (Å²) < 4.78 is 16.8. The van der Waals surface area contributed by atoms with E-state index in [0.717, 1.165) is 18.4 Å². The molecule has 1 atom stereocenters. The van der Waals surface area contributed by atoms with Gasteiger partial charge < -0.3 is 18.9 Å². The molecule has 4 rings (SSSR count). The lowest BCUT2D eigenvalue weighted by Crippen LogP contribution is -2.30. The molecule has 1 aliphatic rings. The average Bonchev–Trinajstić information content (AvgIpc) is 3.44. The molecular formula is C23H24ClN3O4. The maximum Gasteiger partial charge on any atom is 0.254 e. The first-order valence-electron chi connectivity index (χ1n) is 10.4. The predicted molar refractivity (Wildman–Crippen MR) is 117 cm³/mol. The van der Waals surface area contributed by atoms with Crippen LogP contribution in [0, 0.1) is 0 Å². The number of likely N-dealkylation sites (tertiary alicyclic amines) is 1. The minimum Gasteiger partial charge on any atom is -0.490 e. The van der Waals surface area contributed by atoms with Gasteiger partial charge in [0.2, 0.25) is 11.7 Å². The molecule has 1 aliphatic heterocycles. The van der Waals surface area contributed by atoms with Gasteiger partial charge >= 0.3 is 0 Å². The fourth-order valence-electron chi connectivity index (χ4n) is 3.73. The average molecular weight is 442 g/mol. The molecule has 0 unspecified atom stereocenters. The summed E-state index contributed by atoms with van der Waals surface area (Å²) in [6.07, 6.45) is 1.62. The Morgan fingerprint density at radius 1 is 1.16 bits per heavy atom. The maximum absolute atomic E-state index is 13.3. The lowest BCUT2D eigenvalue weighted by Gasteiger charge is -2.22. The molecule has 31 heavy (non-hydrogen) atoms. The summed E-state index contributed by atoms with van der Waals surface area (Å²) in [5.41, 5.74) is 1.31. The second kappa shape index (κ2) is 9.39. The van der Waals surface area contributed by atoms with Crippen LogP contribution in [-0.4, -0.2) is 40.7 Å². The lowest BCUT2D eigenvalue weighted by atomic mass is 10.1. The summed E-state index contributed by atoms with van der Waals surface area (Å²) in [4.78, 5) is 19.6. The number of hydrogen-bond donors (Lipinski definition) is 0. The van der Waals surface area contributed by atoms with Crippen molar-refractivity contribution in [2.75, 3.05) is 19.8 Å². The molecule has 1 aromatic heterocycles. The standard InChI is InChI=1S/C23H24ClN3O4/c1-3-29-19-11-10-16(14-20(19)30-4-2)23(28)27-12-6-9-18(27)22-25-21(26-31-22)15-7-5-8-17(24)13-15/h5,7-8,10-11,13-14,18H,3-4,6,9,12H2,1-2H3/t18-/m0/s1. The minimum atomic E-state index is -0.268. The number of nitrogens with zero attached hydrogens (tertiary/aromatic N) is 3. The largest absolute Gasteiger partial charge is 0.490 e. The Kier molecular flexibility index (Phi) is 6.42. The van der Waals surface area contributed by atoms with Crippen LogP contribution in [0.5, 0.6) is 11.5 Å². The van der Waals surface area contributed by atoms with E-state index in [1.165, 1.54) is 0 Å². The second-order valence-electron chi connectivity index (χ2n) is 7.15. The van der Waals surface area contributed by atoms with Crippen molar-refractivity contribution in [3.8, 4) is 22.9 Å². The number of carbonyl (C=O) groups is 1. The fourth-order valence-corrected chi connectivity index (χ4v) is 3.92. The zero-order valence-corrected chi connectivity index (χ0v) is 18.3. The van der Waals surface area contributed by atoms with E-state index >= 15 is 0 Å². The van der Waals surface area contributed by atoms with Crippen LogP contribution < -0.4 is 9.47 Å². The van der Waals surface area contributed by atoms with Crippen molar-refractivity contribution in [1.29, 1.82) is 0 Å². The van der Waals surface area contributed by atoms with Gasteiger partial charge in [-0.2, -0.15) is 4.98 Å². The summed E-state index contributed by atoms with van der Waals surface area (Å²) in [6, 6.07) is 12.3. The lowest BCUT2D eigenvalue weighted by molar-refractivity contribution is 0.0709. The monoisotopic (exact) mass is 441 g/mol. The molecule has 3 aromatic rings. The highest BCUT2D eigenvalue weighted by molar-refractivity contribution is 6.30. The Morgan fingerprint density at radius 3 is 2.74 bits per heavy atom. The fraction of sp³-hybridized carbons (Fsp3) is 0.348.